The van der Waals surface area contributed by atoms with Gasteiger partial charge in [0.15, 0.2) is 0 Å². The normalized spacial score (nSPS) is 16.3. The minimum Gasteiger partial charge on any atom is -0.342 e. The lowest BCUT2D eigenvalue weighted by atomic mass is 9.85. The molecule has 4 nitrogen and oxygen atoms in total. The molecule has 0 aromatic heterocycles. The van der Waals surface area contributed by atoms with E-state index >= 15 is 0 Å². The number of carbonyl (C=O) groups is 1. The van der Waals surface area contributed by atoms with Crippen LogP contribution in [0.15, 0.2) is 0 Å². The lowest BCUT2D eigenvalue weighted by Crippen LogP contribution is -2.47. The first kappa shape index (κ1) is 13.9. The molecule has 15 heavy (non-hydrogen) atoms. The van der Waals surface area contributed by atoms with E-state index in [2.05, 4.69) is 6.07 Å². The number of hydrogen-bond donors (Lipinski definition) is 1. The van der Waals surface area contributed by atoms with Gasteiger partial charge in [-0.3, -0.25) is 4.79 Å². The predicted molar refractivity (Wildman–Crippen MR) is 59.9 cm³/mol. The van der Waals surface area contributed by atoms with Crippen molar-refractivity contribution in [3.8, 4) is 6.07 Å². The zero-order valence-electron chi connectivity index (χ0n) is 10.1. The molecule has 0 fully saturated rings. The Morgan fingerprint density at radius 2 is 2.20 bits per heavy atom. The summed E-state index contributed by atoms with van der Waals surface area (Å²) in [5.74, 6) is 0.0234. The van der Waals surface area contributed by atoms with Crippen LogP contribution in [-0.4, -0.2) is 30.4 Å². The van der Waals surface area contributed by atoms with E-state index in [1.54, 1.807) is 11.9 Å². The van der Waals surface area contributed by atoms with Crippen LogP contribution in [0.4, 0.5) is 0 Å². The number of nitriles is 1. The van der Waals surface area contributed by atoms with Gasteiger partial charge in [-0.25, -0.2) is 0 Å². The van der Waals surface area contributed by atoms with Crippen LogP contribution in [-0.2, 0) is 4.79 Å². The van der Waals surface area contributed by atoms with E-state index in [0.29, 0.717) is 19.4 Å². The fourth-order valence-electron chi connectivity index (χ4n) is 1.28. The molecule has 0 aliphatic rings. The monoisotopic (exact) mass is 211 g/mol. The summed E-state index contributed by atoms with van der Waals surface area (Å²) in [6, 6.07) is 2.01. The van der Waals surface area contributed by atoms with Crippen molar-refractivity contribution in [2.45, 2.75) is 39.7 Å². The molecule has 0 bridgehead atoms. The lowest BCUT2D eigenvalue weighted by molar-refractivity contribution is -0.141. The summed E-state index contributed by atoms with van der Waals surface area (Å²) < 4.78 is 0. The Morgan fingerprint density at radius 3 is 2.53 bits per heavy atom. The topological polar surface area (TPSA) is 70.1 Å². The second-order valence-electron chi connectivity index (χ2n) is 4.25. The average molecular weight is 211 g/mol. The number of carbonyl (C=O) groups excluding carboxylic acids is 1. The van der Waals surface area contributed by atoms with E-state index < -0.39 is 5.41 Å². The molecule has 0 saturated heterocycles. The minimum atomic E-state index is -0.502. The third-order valence-electron chi connectivity index (χ3n) is 3.12. The summed E-state index contributed by atoms with van der Waals surface area (Å²) in [4.78, 5) is 13.7. The molecular weight excluding hydrogens is 190 g/mol. The number of amides is 1. The van der Waals surface area contributed by atoms with Crippen LogP contribution in [0.3, 0.4) is 0 Å². The Kier molecular flexibility index (Phi) is 5.31. The van der Waals surface area contributed by atoms with E-state index in [-0.39, 0.29) is 11.9 Å². The van der Waals surface area contributed by atoms with Gasteiger partial charge in [0.2, 0.25) is 5.91 Å². The van der Waals surface area contributed by atoms with E-state index in [0.717, 1.165) is 0 Å². The van der Waals surface area contributed by atoms with Gasteiger partial charge in [0.05, 0.1) is 17.9 Å². The molecule has 0 saturated carbocycles. The zero-order valence-corrected chi connectivity index (χ0v) is 10.1. The third kappa shape index (κ3) is 3.21. The fourth-order valence-corrected chi connectivity index (χ4v) is 1.28. The van der Waals surface area contributed by atoms with E-state index in [4.69, 9.17) is 11.0 Å². The van der Waals surface area contributed by atoms with Crippen LogP contribution in [0.25, 0.3) is 0 Å². The fraction of sp³-hybridized carbons (Fsp3) is 0.818. The summed E-state index contributed by atoms with van der Waals surface area (Å²) in [5.41, 5.74) is 5.12. The van der Waals surface area contributed by atoms with Crippen molar-refractivity contribution in [2.24, 2.45) is 11.1 Å². The van der Waals surface area contributed by atoms with Gasteiger partial charge in [0.25, 0.3) is 0 Å². The largest absolute Gasteiger partial charge is 0.342 e. The van der Waals surface area contributed by atoms with Gasteiger partial charge < -0.3 is 10.6 Å². The van der Waals surface area contributed by atoms with Crippen LogP contribution in [0.2, 0.25) is 0 Å². The van der Waals surface area contributed by atoms with Crippen LogP contribution in [0.1, 0.15) is 33.6 Å². The second-order valence-corrected chi connectivity index (χ2v) is 4.25. The Hall–Kier alpha value is -1.08. The summed E-state index contributed by atoms with van der Waals surface area (Å²) in [7, 11) is 1.73. The summed E-state index contributed by atoms with van der Waals surface area (Å²) in [6.07, 6.45) is 1.07. The van der Waals surface area contributed by atoms with Crippen molar-refractivity contribution in [3.05, 3.63) is 0 Å². The Morgan fingerprint density at radius 1 is 1.67 bits per heavy atom. The molecule has 1 amide bonds. The minimum absolute atomic E-state index is 0.0234. The number of rotatable bonds is 5. The number of nitrogens with two attached hydrogens (primary N) is 1. The van der Waals surface area contributed by atoms with Gasteiger partial charge in [-0.15, -0.1) is 0 Å². The lowest BCUT2D eigenvalue weighted by Gasteiger charge is -2.33. The standard InChI is InChI=1S/C11H21N3O/c1-5-11(3,8-13)10(15)14(4)9(2)6-7-12/h9H,5-6,8,13H2,1-4H3. The highest BCUT2D eigenvalue weighted by Crippen LogP contribution is 2.23. The Labute approximate surface area is 92.0 Å². The maximum Gasteiger partial charge on any atom is 0.229 e. The summed E-state index contributed by atoms with van der Waals surface area (Å²) in [6.45, 7) is 6.03. The highest BCUT2D eigenvalue weighted by molar-refractivity contribution is 5.82. The van der Waals surface area contributed by atoms with Crippen molar-refractivity contribution >= 4 is 5.91 Å². The molecule has 2 atom stereocenters. The molecule has 2 unspecified atom stereocenters. The first-order chi connectivity index (χ1) is 6.92. The molecular formula is C11H21N3O. The van der Waals surface area contributed by atoms with Crippen LogP contribution >= 0.6 is 0 Å². The van der Waals surface area contributed by atoms with Gasteiger partial charge in [0, 0.05) is 19.6 Å². The second kappa shape index (κ2) is 5.72. The first-order valence-corrected chi connectivity index (χ1v) is 5.27. The van der Waals surface area contributed by atoms with Crippen LogP contribution in [0, 0.1) is 16.7 Å². The third-order valence-corrected chi connectivity index (χ3v) is 3.12. The van der Waals surface area contributed by atoms with Gasteiger partial charge in [-0.1, -0.05) is 6.92 Å². The molecule has 0 aliphatic carbocycles. The molecule has 4 heteroatoms. The molecule has 0 spiro atoms. The van der Waals surface area contributed by atoms with E-state index in [1.807, 2.05) is 20.8 Å². The average Bonchev–Trinajstić information content (AvgIpc) is 2.26. The highest BCUT2D eigenvalue weighted by atomic mass is 16.2. The summed E-state index contributed by atoms with van der Waals surface area (Å²) >= 11 is 0. The first-order valence-electron chi connectivity index (χ1n) is 5.27. The summed E-state index contributed by atoms with van der Waals surface area (Å²) in [5, 5.41) is 8.57. The van der Waals surface area contributed by atoms with Crippen LogP contribution < -0.4 is 5.73 Å². The molecule has 0 rings (SSSR count). The van der Waals surface area contributed by atoms with E-state index in [9.17, 15) is 4.79 Å². The quantitative estimate of drug-likeness (QED) is 0.741. The van der Waals surface area contributed by atoms with Crippen molar-refractivity contribution in [1.82, 2.24) is 4.90 Å². The van der Waals surface area contributed by atoms with Crippen molar-refractivity contribution < 1.29 is 4.79 Å². The SMILES string of the molecule is CCC(C)(CN)C(=O)N(C)C(C)CC#N. The van der Waals surface area contributed by atoms with Gasteiger partial charge >= 0.3 is 0 Å². The zero-order chi connectivity index (χ0) is 12.1. The maximum absolute atomic E-state index is 12.1. The van der Waals surface area contributed by atoms with Crippen molar-refractivity contribution in [3.63, 3.8) is 0 Å². The maximum atomic E-state index is 12.1. The smallest absolute Gasteiger partial charge is 0.229 e. The van der Waals surface area contributed by atoms with Gasteiger partial charge in [-0.05, 0) is 20.3 Å². The number of hydrogen-bond acceptors (Lipinski definition) is 3. The van der Waals surface area contributed by atoms with Crippen molar-refractivity contribution in [2.75, 3.05) is 13.6 Å². The molecule has 0 aromatic rings. The molecule has 86 valence electrons. The van der Waals surface area contributed by atoms with Gasteiger partial charge in [0.1, 0.15) is 0 Å². The Bertz CT molecular complexity index is 253. The van der Waals surface area contributed by atoms with E-state index in [1.165, 1.54) is 0 Å². The predicted octanol–water partition coefficient (Wildman–Crippen LogP) is 1.12. The molecule has 0 aromatic carbocycles. The molecule has 0 aliphatic heterocycles. The molecule has 0 radical (unpaired) electrons. The van der Waals surface area contributed by atoms with Crippen LogP contribution in [0.5, 0.6) is 0 Å². The highest BCUT2D eigenvalue weighted by Gasteiger charge is 2.33. The van der Waals surface area contributed by atoms with Crippen molar-refractivity contribution in [1.29, 1.82) is 5.26 Å². The molecule has 0 heterocycles. The Balaban J connectivity index is 4.63. The number of nitrogens with zero attached hydrogens (tertiary/aromatic N) is 2. The van der Waals surface area contributed by atoms with Gasteiger partial charge in [-0.2, -0.15) is 5.26 Å². The molecule has 2 N–H and O–H groups in total.